The lowest BCUT2D eigenvalue weighted by molar-refractivity contribution is -0.118. The molecule has 36 heavy (non-hydrogen) atoms. The number of aliphatic hydroxyl groups excluding tert-OH is 1. The topological polar surface area (TPSA) is 89.1 Å². The fourth-order valence-electron chi connectivity index (χ4n) is 4.94. The number of amides is 1. The van der Waals surface area contributed by atoms with Crippen molar-refractivity contribution in [3.05, 3.63) is 76.9 Å². The van der Waals surface area contributed by atoms with Crippen molar-refractivity contribution in [1.82, 2.24) is 10.6 Å². The van der Waals surface area contributed by atoms with E-state index in [2.05, 4.69) is 35.8 Å². The average molecular weight is 489 g/mol. The van der Waals surface area contributed by atoms with Crippen LogP contribution in [0.25, 0.3) is 11.1 Å². The number of carbonyl (C=O) groups excluding carboxylic acids is 1. The smallest absolute Gasteiger partial charge is 0.216 e. The van der Waals surface area contributed by atoms with Crippen LogP contribution in [-0.2, 0) is 17.8 Å². The van der Waals surface area contributed by atoms with Crippen molar-refractivity contribution in [2.24, 2.45) is 0 Å². The summed E-state index contributed by atoms with van der Waals surface area (Å²) in [6, 6.07) is 18.2. The molecule has 0 unspecified atom stereocenters. The van der Waals surface area contributed by atoms with Crippen molar-refractivity contribution in [3.8, 4) is 28.4 Å². The quantitative estimate of drug-likeness (QED) is 0.419. The van der Waals surface area contributed by atoms with Crippen LogP contribution in [0, 0.1) is 6.92 Å². The van der Waals surface area contributed by atoms with E-state index in [1.807, 2.05) is 36.4 Å². The third-order valence-electron chi connectivity index (χ3n) is 6.82. The molecule has 2 atom stereocenters. The third-order valence-corrected chi connectivity index (χ3v) is 6.82. The molecule has 7 nitrogen and oxygen atoms in total. The standard InChI is InChI=1S/C29H32N2O5/c1-18-21(4-3-5-24(18)20-6-9-27-28(16-20)35-13-12-34-27)17-36-23-7-8-25-22(14-23)15-26(33)29(25)31-11-10-30-19(2)32/h3-9,14,16,26,29,31,33H,10-13,15,17H2,1-2H3,(H,30,32)/t26-,29-/m1/s1. The zero-order chi connectivity index (χ0) is 25.1. The molecule has 5 rings (SSSR count). The fourth-order valence-corrected chi connectivity index (χ4v) is 4.94. The van der Waals surface area contributed by atoms with Gasteiger partial charge in [0.25, 0.3) is 0 Å². The Labute approximate surface area is 211 Å². The molecule has 3 N–H and O–H groups in total. The van der Waals surface area contributed by atoms with Crippen molar-refractivity contribution >= 4 is 5.91 Å². The molecule has 0 spiro atoms. The van der Waals surface area contributed by atoms with Gasteiger partial charge in [-0.3, -0.25) is 4.79 Å². The Morgan fingerprint density at radius 1 is 1.06 bits per heavy atom. The van der Waals surface area contributed by atoms with Crippen LogP contribution in [0.1, 0.15) is 35.2 Å². The van der Waals surface area contributed by atoms with E-state index in [0.717, 1.165) is 50.6 Å². The average Bonchev–Trinajstić information content (AvgIpc) is 3.19. The van der Waals surface area contributed by atoms with E-state index >= 15 is 0 Å². The molecule has 1 heterocycles. The van der Waals surface area contributed by atoms with Gasteiger partial charge in [0.15, 0.2) is 11.5 Å². The number of benzene rings is 3. The summed E-state index contributed by atoms with van der Waals surface area (Å²) >= 11 is 0. The lowest BCUT2D eigenvalue weighted by atomic mass is 9.96. The number of fused-ring (bicyclic) bond motifs is 2. The summed E-state index contributed by atoms with van der Waals surface area (Å²) in [6.45, 7) is 6.32. The maximum Gasteiger partial charge on any atom is 0.216 e. The summed E-state index contributed by atoms with van der Waals surface area (Å²) in [7, 11) is 0. The number of rotatable bonds is 8. The Bertz CT molecular complexity index is 1260. The molecule has 0 aromatic heterocycles. The lowest BCUT2D eigenvalue weighted by Gasteiger charge is -2.20. The van der Waals surface area contributed by atoms with Gasteiger partial charge < -0.3 is 30.0 Å². The summed E-state index contributed by atoms with van der Waals surface area (Å²) < 4.78 is 17.6. The highest BCUT2D eigenvalue weighted by atomic mass is 16.6. The van der Waals surface area contributed by atoms with Gasteiger partial charge in [-0.25, -0.2) is 0 Å². The zero-order valence-electron chi connectivity index (χ0n) is 20.7. The number of ether oxygens (including phenoxy) is 3. The first kappa shape index (κ1) is 24.2. The Balaban J connectivity index is 1.26. The van der Waals surface area contributed by atoms with E-state index in [4.69, 9.17) is 14.2 Å². The Kier molecular flexibility index (Phi) is 7.11. The minimum absolute atomic E-state index is 0.0574. The van der Waals surface area contributed by atoms with Crippen molar-refractivity contribution in [2.75, 3.05) is 26.3 Å². The van der Waals surface area contributed by atoms with Gasteiger partial charge in [-0.05, 0) is 64.6 Å². The van der Waals surface area contributed by atoms with E-state index in [1.165, 1.54) is 6.92 Å². The lowest BCUT2D eigenvalue weighted by Crippen LogP contribution is -2.35. The molecule has 188 valence electrons. The first-order chi connectivity index (χ1) is 17.5. The van der Waals surface area contributed by atoms with Crippen molar-refractivity contribution in [1.29, 1.82) is 0 Å². The van der Waals surface area contributed by atoms with Crippen molar-refractivity contribution in [3.63, 3.8) is 0 Å². The number of hydrogen-bond donors (Lipinski definition) is 3. The zero-order valence-corrected chi connectivity index (χ0v) is 20.7. The monoisotopic (exact) mass is 488 g/mol. The number of carbonyl (C=O) groups is 1. The first-order valence-corrected chi connectivity index (χ1v) is 12.4. The summed E-state index contributed by atoms with van der Waals surface area (Å²) in [4.78, 5) is 11.1. The molecule has 1 aliphatic heterocycles. The molecule has 3 aromatic rings. The Morgan fingerprint density at radius 3 is 2.72 bits per heavy atom. The van der Waals surface area contributed by atoms with Gasteiger partial charge in [0, 0.05) is 26.4 Å². The normalized spacial score (nSPS) is 18.0. The molecule has 0 fully saturated rings. The second-order valence-corrected chi connectivity index (χ2v) is 9.28. The molecule has 0 bridgehead atoms. The van der Waals surface area contributed by atoms with Crippen molar-refractivity contribution < 1.29 is 24.1 Å². The maximum atomic E-state index is 11.1. The van der Waals surface area contributed by atoms with Crippen molar-refractivity contribution in [2.45, 2.75) is 39.0 Å². The molecule has 3 aromatic carbocycles. The van der Waals surface area contributed by atoms with E-state index < -0.39 is 6.10 Å². The fraction of sp³-hybridized carbons (Fsp3) is 0.345. The number of hydrogen-bond acceptors (Lipinski definition) is 6. The van der Waals surface area contributed by atoms with Crippen LogP contribution in [0.2, 0.25) is 0 Å². The molecule has 7 heteroatoms. The Morgan fingerprint density at radius 2 is 1.89 bits per heavy atom. The van der Waals surface area contributed by atoms with E-state index in [1.54, 1.807) is 0 Å². The molecular weight excluding hydrogens is 456 g/mol. The van der Waals surface area contributed by atoms with E-state index in [9.17, 15) is 9.90 Å². The molecule has 0 saturated heterocycles. The van der Waals surface area contributed by atoms with Crippen LogP contribution < -0.4 is 24.8 Å². The minimum Gasteiger partial charge on any atom is -0.489 e. The van der Waals surface area contributed by atoms with Gasteiger partial charge in [0.1, 0.15) is 25.6 Å². The molecular formula is C29H32N2O5. The van der Waals surface area contributed by atoms with Gasteiger partial charge in [0.2, 0.25) is 5.91 Å². The second kappa shape index (κ2) is 10.6. The van der Waals surface area contributed by atoms with E-state index in [-0.39, 0.29) is 11.9 Å². The number of aliphatic hydroxyl groups is 1. The highest BCUT2D eigenvalue weighted by molar-refractivity contribution is 5.72. The third kappa shape index (κ3) is 5.17. The highest BCUT2D eigenvalue weighted by Crippen LogP contribution is 2.37. The second-order valence-electron chi connectivity index (χ2n) is 9.28. The highest BCUT2D eigenvalue weighted by Gasteiger charge is 2.30. The summed E-state index contributed by atoms with van der Waals surface area (Å²) in [6.07, 6.45) is 0.0701. The molecule has 1 amide bonds. The predicted molar refractivity (Wildman–Crippen MR) is 138 cm³/mol. The molecule has 1 aliphatic carbocycles. The van der Waals surface area contributed by atoms with Crippen LogP contribution in [0.3, 0.4) is 0 Å². The van der Waals surface area contributed by atoms with Crippen LogP contribution in [0.15, 0.2) is 54.6 Å². The largest absolute Gasteiger partial charge is 0.489 e. The summed E-state index contributed by atoms with van der Waals surface area (Å²) in [5.74, 6) is 2.29. The van der Waals surface area contributed by atoms with Gasteiger partial charge in [-0.1, -0.05) is 30.3 Å². The van der Waals surface area contributed by atoms with Gasteiger partial charge >= 0.3 is 0 Å². The van der Waals surface area contributed by atoms with Crippen LogP contribution in [-0.4, -0.2) is 43.4 Å². The Hall–Kier alpha value is -3.55. The van der Waals surface area contributed by atoms with Gasteiger partial charge in [-0.15, -0.1) is 0 Å². The molecule has 2 aliphatic rings. The van der Waals surface area contributed by atoms with Gasteiger partial charge in [0.05, 0.1) is 12.1 Å². The SMILES string of the molecule is CC(=O)NCCN[C@@H]1c2ccc(OCc3cccc(-c4ccc5c(c4)OCCO5)c3C)cc2C[C@H]1O. The molecule has 0 saturated carbocycles. The maximum absolute atomic E-state index is 11.1. The van der Waals surface area contributed by atoms with Crippen LogP contribution in [0.5, 0.6) is 17.2 Å². The minimum atomic E-state index is -0.502. The van der Waals surface area contributed by atoms with Gasteiger partial charge in [-0.2, -0.15) is 0 Å². The predicted octanol–water partition coefficient (Wildman–Crippen LogP) is 3.70. The summed E-state index contributed by atoms with van der Waals surface area (Å²) in [5.41, 5.74) is 6.66. The first-order valence-electron chi connectivity index (χ1n) is 12.4. The summed E-state index contributed by atoms with van der Waals surface area (Å²) in [5, 5.41) is 16.7. The van der Waals surface area contributed by atoms with Crippen LogP contribution >= 0.6 is 0 Å². The van der Waals surface area contributed by atoms with E-state index in [0.29, 0.717) is 39.3 Å². The van der Waals surface area contributed by atoms with Crippen LogP contribution in [0.4, 0.5) is 0 Å². The molecule has 0 radical (unpaired) electrons. The number of nitrogens with one attached hydrogen (secondary N) is 2.